The highest BCUT2D eigenvalue weighted by Crippen LogP contribution is 2.27. The van der Waals surface area contributed by atoms with E-state index in [0.717, 1.165) is 23.4 Å². The van der Waals surface area contributed by atoms with Crippen LogP contribution in [-0.4, -0.2) is 23.6 Å². The highest BCUT2D eigenvalue weighted by atomic mass is 35.5. The lowest BCUT2D eigenvalue weighted by Crippen LogP contribution is -2.09. The lowest BCUT2D eigenvalue weighted by atomic mass is 10.1. The molecular weight excluding hydrogens is 405 g/mol. The van der Waals surface area contributed by atoms with Crippen LogP contribution in [0.25, 0.3) is 0 Å². The zero-order valence-corrected chi connectivity index (χ0v) is 16.9. The summed E-state index contributed by atoms with van der Waals surface area (Å²) in [5.74, 6) is 1.32. The molecule has 0 amide bonds. The van der Waals surface area contributed by atoms with Gasteiger partial charge in [-0.15, -0.1) is 0 Å². The minimum Gasteiger partial charge on any atom is -0.497 e. The molecule has 7 heteroatoms. The van der Waals surface area contributed by atoms with Gasteiger partial charge in [0.05, 0.1) is 12.8 Å². The van der Waals surface area contributed by atoms with Gasteiger partial charge in [-0.2, -0.15) is 0 Å². The number of anilines is 1. The van der Waals surface area contributed by atoms with E-state index in [4.69, 9.17) is 39.5 Å². The maximum Gasteiger partial charge on any atom is 0.224 e. The molecule has 27 heavy (non-hydrogen) atoms. The van der Waals surface area contributed by atoms with Crippen molar-refractivity contribution < 1.29 is 4.74 Å². The summed E-state index contributed by atoms with van der Waals surface area (Å²) in [4.78, 5) is 8.76. The van der Waals surface area contributed by atoms with Crippen molar-refractivity contribution >= 4 is 40.8 Å². The Morgan fingerprint density at radius 2 is 1.67 bits per heavy atom. The summed E-state index contributed by atoms with van der Waals surface area (Å²) in [6, 6.07) is 15.1. The maximum atomic E-state index is 6.25. The molecule has 3 aromatic rings. The molecule has 0 fully saturated rings. The molecule has 0 radical (unpaired) electrons. The van der Waals surface area contributed by atoms with E-state index in [0.29, 0.717) is 34.1 Å². The van der Waals surface area contributed by atoms with E-state index < -0.39 is 0 Å². The van der Waals surface area contributed by atoms with Crippen LogP contribution in [0.15, 0.2) is 48.5 Å². The van der Waals surface area contributed by atoms with Crippen molar-refractivity contribution in [2.45, 2.75) is 12.8 Å². The summed E-state index contributed by atoms with van der Waals surface area (Å²) in [5, 5.41) is 4.79. The van der Waals surface area contributed by atoms with E-state index in [1.165, 1.54) is 5.56 Å². The molecule has 0 unspecified atom stereocenters. The standard InChI is InChI=1S/C20H18Cl3N3O/c1-27-15-7-5-13(6-8-15)9-10-24-20-25-14(12-19(23)26-20)11-16-17(21)3-2-4-18(16)22/h2-8,12H,9-11H2,1H3,(H,24,25,26). The average molecular weight is 423 g/mol. The van der Waals surface area contributed by atoms with Crippen molar-refractivity contribution in [1.29, 1.82) is 0 Å². The Kier molecular flexibility index (Phi) is 6.78. The van der Waals surface area contributed by atoms with E-state index in [2.05, 4.69) is 15.3 Å². The summed E-state index contributed by atoms with van der Waals surface area (Å²) in [6.45, 7) is 0.680. The molecule has 3 rings (SSSR count). The van der Waals surface area contributed by atoms with Gasteiger partial charge in [0.15, 0.2) is 0 Å². The molecule has 0 aliphatic carbocycles. The summed E-state index contributed by atoms with van der Waals surface area (Å²) in [6.07, 6.45) is 1.31. The van der Waals surface area contributed by atoms with Crippen LogP contribution in [0.4, 0.5) is 5.95 Å². The lowest BCUT2D eigenvalue weighted by molar-refractivity contribution is 0.414. The Morgan fingerprint density at radius 3 is 2.33 bits per heavy atom. The van der Waals surface area contributed by atoms with Gasteiger partial charge in [0.1, 0.15) is 10.9 Å². The first-order valence-corrected chi connectivity index (χ1v) is 9.51. The van der Waals surface area contributed by atoms with Crippen LogP contribution in [0, 0.1) is 0 Å². The van der Waals surface area contributed by atoms with E-state index in [1.54, 1.807) is 25.3 Å². The molecule has 0 atom stereocenters. The first-order chi connectivity index (χ1) is 13.0. The maximum absolute atomic E-state index is 6.25. The molecule has 0 saturated heterocycles. The fourth-order valence-electron chi connectivity index (χ4n) is 2.63. The minimum atomic E-state index is 0.370. The highest BCUT2D eigenvalue weighted by molar-refractivity contribution is 6.36. The molecule has 1 N–H and O–H groups in total. The second-order valence-electron chi connectivity index (χ2n) is 5.91. The van der Waals surface area contributed by atoms with Crippen LogP contribution in [0.2, 0.25) is 15.2 Å². The van der Waals surface area contributed by atoms with Crippen LogP contribution in [-0.2, 0) is 12.8 Å². The van der Waals surface area contributed by atoms with Crippen LogP contribution in [0.1, 0.15) is 16.8 Å². The molecule has 0 aliphatic heterocycles. The van der Waals surface area contributed by atoms with Gasteiger partial charge in [0.2, 0.25) is 5.95 Å². The first kappa shape index (κ1) is 19.7. The number of ether oxygens (including phenoxy) is 1. The second kappa shape index (κ2) is 9.27. The van der Waals surface area contributed by atoms with E-state index in [-0.39, 0.29) is 0 Å². The number of rotatable bonds is 7. The summed E-state index contributed by atoms with van der Waals surface area (Å²) >= 11 is 18.6. The number of hydrogen-bond acceptors (Lipinski definition) is 4. The van der Waals surface area contributed by atoms with Gasteiger partial charge < -0.3 is 10.1 Å². The molecule has 1 heterocycles. The normalized spacial score (nSPS) is 10.7. The van der Waals surface area contributed by atoms with Gasteiger partial charge in [0.25, 0.3) is 0 Å². The van der Waals surface area contributed by atoms with Crippen molar-refractivity contribution in [3.05, 3.63) is 80.6 Å². The van der Waals surface area contributed by atoms with Crippen molar-refractivity contribution in [2.24, 2.45) is 0 Å². The van der Waals surface area contributed by atoms with Gasteiger partial charge in [-0.1, -0.05) is 53.0 Å². The number of benzene rings is 2. The molecule has 0 spiro atoms. The molecule has 0 bridgehead atoms. The van der Waals surface area contributed by atoms with E-state index in [1.807, 2.05) is 30.3 Å². The molecule has 1 aromatic heterocycles. The number of methoxy groups -OCH3 is 1. The first-order valence-electron chi connectivity index (χ1n) is 8.38. The average Bonchev–Trinajstić information content (AvgIpc) is 2.65. The summed E-state index contributed by atoms with van der Waals surface area (Å²) in [5.41, 5.74) is 2.75. The number of aromatic nitrogens is 2. The third-order valence-corrected chi connectivity index (χ3v) is 4.93. The van der Waals surface area contributed by atoms with Gasteiger partial charge in [0, 0.05) is 23.0 Å². The Bertz CT molecular complexity index is 897. The van der Waals surface area contributed by atoms with Crippen molar-refractivity contribution in [3.63, 3.8) is 0 Å². The Morgan fingerprint density at radius 1 is 0.963 bits per heavy atom. The minimum absolute atomic E-state index is 0.370. The number of halogens is 3. The molecular formula is C20H18Cl3N3O. The summed E-state index contributed by atoms with van der Waals surface area (Å²) < 4.78 is 5.17. The molecule has 4 nitrogen and oxygen atoms in total. The second-order valence-corrected chi connectivity index (χ2v) is 7.11. The van der Waals surface area contributed by atoms with Crippen molar-refractivity contribution in [2.75, 3.05) is 19.0 Å². The zero-order chi connectivity index (χ0) is 19.2. The Balaban J connectivity index is 1.66. The smallest absolute Gasteiger partial charge is 0.224 e. The van der Waals surface area contributed by atoms with Gasteiger partial charge in [-0.25, -0.2) is 9.97 Å². The molecule has 140 valence electrons. The monoisotopic (exact) mass is 421 g/mol. The SMILES string of the molecule is COc1ccc(CCNc2nc(Cl)cc(Cc3c(Cl)cccc3Cl)n2)cc1. The summed E-state index contributed by atoms with van der Waals surface area (Å²) in [7, 11) is 1.65. The third-order valence-electron chi connectivity index (χ3n) is 4.02. The predicted octanol–water partition coefficient (Wildman–Crippen LogP) is 5.69. The zero-order valence-electron chi connectivity index (χ0n) is 14.7. The topological polar surface area (TPSA) is 47.0 Å². The van der Waals surface area contributed by atoms with Gasteiger partial charge in [-0.05, 0) is 47.9 Å². The van der Waals surface area contributed by atoms with Crippen LogP contribution >= 0.6 is 34.8 Å². The largest absolute Gasteiger partial charge is 0.497 e. The van der Waals surface area contributed by atoms with Crippen LogP contribution < -0.4 is 10.1 Å². The Labute approximate surface area is 173 Å². The van der Waals surface area contributed by atoms with Crippen molar-refractivity contribution in [3.8, 4) is 5.75 Å². The van der Waals surface area contributed by atoms with Gasteiger partial charge in [-0.3, -0.25) is 0 Å². The number of hydrogen-bond donors (Lipinski definition) is 1. The highest BCUT2D eigenvalue weighted by Gasteiger charge is 2.10. The number of nitrogens with zero attached hydrogens (tertiary/aromatic N) is 2. The molecule has 2 aromatic carbocycles. The predicted molar refractivity (Wildman–Crippen MR) is 111 cm³/mol. The Hall–Kier alpha value is -2.01. The quantitative estimate of drug-likeness (QED) is 0.497. The van der Waals surface area contributed by atoms with Gasteiger partial charge >= 0.3 is 0 Å². The van der Waals surface area contributed by atoms with Crippen LogP contribution in [0.5, 0.6) is 5.75 Å². The molecule has 0 aliphatic rings. The van der Waals surface area contributed by atoms with E-state index in [9.17, 15) is 0 Å². The fraction of sp³-hybridized carbons (Fsp3) is 0.200. The van der Waals surface area contributed by atoms with E-state index >= 15 is 0 Å². The fourth-order valence-corrected chi connectivity index (χ4v) is 3.36. The molecule has 0 saturated carbocycles. The van der Waals surface area contributed by atoms with Crippen LogP contribution in [0.3, 0.4) is 0 Å². The lowest BCUT2D eigenvalue weighted by Gasteiger charge is -2.10. The van der Waals surface area contributed by atoms with Crippen molar-refractivity contribution in [1.82, 2.24) is 9.97 Å². The third kappa shape index (κ3) is 5.48. The number of nitrogens with one attached hydrogen (secondary N) is 1.